The average molecular weight is 410 g/mol. The topological polar surface area (TPSA) is 65.4 Å². The van der Waals surface area contributed by atoms with Gasteiger partial charge in [-0.25, -0.2) is 4.98 Å². The monoisotopic (exact) mass is 409 g/mol. The minimum Gasteiger partial charge on any atom is -0.493 e. The zero-order valence-corrected chi connectivity index (χ0v) is 18.1. The second-order valence-electron chi connectivity index (χ2n) is 7.48. The molecule has 1 N–H and O–H groups in total. The van der Waals surface area contributed by atoms with E-state index in [0.717, 1.165) is 42.0 Å². The van der Waals surface area contributed by atoms with Gasteiger partial charge in [-0.1, -0.05) is 30.3 Å². The highest BCUT2D eigenvalue weighted by atomic mass is 16.5. The van der Waals surface area contributed by atoms with E-state index >= 15 is 0 Å². The van der Waals surface area contributed by atoms with Crippen molar-refractivity contribution in [3.63, 3.8) is 0 Å². The number of aromatic nitrogens is 2. The molecule has 6 heteroatoms. The smallest absolute Gasteiger partial charge is 0.245 e. The number of aryl methyl sites for hydroxylation is 3. The first-order valence-corrected chi connectivity index (χ1v) is 10.5. The van der Waals surface area contributed by atoms with Gasteiger partial charge < -0.3 is 19.4 Å². The molecule has 0 atom stereocenters. The van der Waals surface area contributed by atoms with Crippen LogP contribution >= 0.6 is 0 Å². The van der Waals surface area contributed by atoms with Crippen molar-refractivity contribution >= 4 is 16.9 Å². The lowest BCUT2D eigenvalue weighted by Crippen LogP contribution is -2.29. The second kappa shape index (κ2) is 10.8. The molecule has 3 aromatic rings. The van der Waals surface area contributed by atoms with Gasteiger partial charge >= 0.3 is 0 Å². The quantitative estimate of drug-likeness (QED) is 0.489. The Morgan fingerprint density at radius 3 is 2.60 bits per heavy atom. The van der Waals surface area contributed by atoms with Gasteiger partial charge in [-0.3, -0.25) is 4.79 Å². The van der Waals surface area contributed by atoms with Gasteiger partial charge in [-0.05, 0) is 49.9 Å². The minimum atomic E-state index is -0.108. The Kier molecular flexibility index (Phi) is 7.85. The largest absolute Gasteiger partial charge is 0.493 e. The van der Waals surface area contributed by atoms with Crippen LogP contribution < -0.4 is 10.1 Å². The maximum Gasteiger partial charge on any atom is 0.245 e. The summed E-state index contributed by atoms with van der Waals surface area (Å²) in [6, 6.07) is 14.4. The summed E-state index contributed by atoms with van der Waals surface area (Å²) in [7, 11) is 1.52. The number of unbranched alkanes of at least 4 members (excludes halogenated alkanes) is 1. The van der Waals surface area contributed by atoms with Gasteiger partial charge in [0, 0.05) is 26.6 Å². The van der Waals surface area contributed by atoms with Crippen molar-refractivity contribution in [1.29, 1.82) is 0 Å². The number of carbonyl (C=O) groups is 1. The molecule has 0 fully saturated rings. The molecular weight excluding hydrogens is 378 g/mol. The molecule has 0 radical (unpaired) electrons. The summed E-state index contributed by atoms with van der Waals surface area (Å²) in [4.78, 5) is 16.4. The Morgan fingerprint density at radius 1 is 1.07 bits per heavy atom. The molecule has 2 aromatic carbocycles. The number of nitrogens with zero attached hydrogens (tertiary/aromatic N) is 2. The van der Waals surface area contributed by atoms with E-state index < -0.39 is 0 Å². The van der Waals surface area contributed by atoms with E-state index in [0.29, 0.717) is 19.6 Å². The van der Waals surface area contributed by atoms with Crippen molar-refractivity contribution in [2.45, 2.75) is 39.7 Å². The fourth-order valence-electron chi connectivity index (χ4n) is 3.63. The number of imidazole rings is 1. The Bertz CT molecular complexity index is 961. The van der Waals surface area contributed by atoms with Gasteiger partial charge in [0.05, 0.1) is 17.6 Å². The van der Waals surface area contributed by atoms with E-state index in [1.54, 1.807) is 0 Å². The van der Waals surface area contributed by atoms with Crippen LogP contribution in [0.15, 0.2) is 42.5 Å². The van der Waals surface area contributed by atoms with E-state index in [2.05, 4.69) is 48.0 Å². The molecule has 6 nitrogen and oxygen atoms in total. The molecule has 1 heterocycles. The number of amides is 1. The second-order valence-corrected chi connectivity index (χ2v) is 7.48. The molecule has 0 aliphatic heterocycles. The maximum absolute atomic E-state index is 11.6. The maximum atomic E-state index is 11.6. The molecule has 0 saturated carbocycles. The van der Waals surface area contributed by atoms with Gasteiger partial charge in [0.1, 0.15) is 18.2 Å². The average Bonchev–Trinajstić information content (AvgIpc) is 3.07. The Labute approximate surface area is 178 Å². The number of ether oxygens (including phenoxy) is 2. The summed E-state index contributed by atoms with van der Waals surface area (Å²) in [6.07, 6.45) is 2.64. The van der Waals surface area contributed by atoms with Gasteiger partial charge in [0.15, 0.2) is 0 Å². The van der Waals surface area contributed by atoms with Crippen LogP contribution in [0.25, 0.3) is 11.0 Å². The first-order valence-electron chi connectivity index (χ1n) is 10.5. The molecule has 0 aliphatic carbocycles. The first kappa shape index (κ1) is 21.8. The summed E-state index contributed by atoms with van der Waals surface area (Å²) >= 11 is 0. The molecule has 3 rings (SSSR count). The third-order valence-corrected chi connectivity index (χ3v) is 5.11. The number of rotatable bonds is 11. The molecule has 160 valence electrons. The lowest BCUT2D eigenvalue weighted by atomic mass is 10.1. The van der Waals surface area contributed by atoms with Crippen molar-refractivity contribution in [2.24, 2.45) is 0 Å². The van der Waals surface area contributed by atoms with Crippen LogP contribution in [-0.4, -0.2) is 42.3 Å². The van der Waals surface area contributed by atoms with Crippen molar-refractivity contribution in [2.75, 3.05) is 26.9 Å². The lowest BCUT2D eigenvalue weighted by Gasteiger charge is -2.13. The summed E-state index contributed by atoms with van der Waals surface area (Å²) in [5, 5.41) is 2.87. The number of benzene rings is 2. The third-order valence-electron chi connectivity index (χ3n) is 5.11. The number of nitrogens with one attached hydrogen (secondary N) is 1. The Morgan fingerprint density at radius 2 is 1.83 bits per heavy atom. The SMILES string of the molecule is COCC(=O)NCCc1nc2ccccc2n1CCCCOc1c(C)cccc1C. The standard InChI is InChI=1S/C24H31N3O3/c1-18-9-8-10-19(2)24(18)30-16-7-6-15-27-21-12-5-4-11-20(21)26-22(27)13-14-25-23(28)17-29-3/h4-5,8-12H,6-7,13-17H2,1-3H3,(H,25,28). The third kappa shape index (κ3) is 5.60. The van der Waals surface area contributed by atoms with Gasteiger partial charge in [0.25, 0.3) is 0 Å². The van der Waals surface area contributed by atoms with E-state index in [9.17, 15) is 4.79 Å². The fourth-order valence-corrected chi connectivity index (χ4v) is 3.63. The number of para-hydroxylation sites is 3. The van der Waals surface area contributed by atoms with Gasteiger partial charge in [-0.2, -0.15) is 0 Å². The van der Waals surface area contributed by atoms with Crippen molar-refractivity contribution in [3.05, 3.63) is 59.4 Å². The molecule has 0 aliphatic rings. The lowest BCUT2D eigenvalue weighted by molar-refractivity contribution is -0.124. The van der Waals surface area contributed by atoms with Crippen LogP contribution in [0.2, 0.25) is 0 Å². The summed E-state index contributed by atoms with van der Waals surface area (Å²) in [5.41, 5.74) is 4.47. The van der Waals surface area contributed by atoms with Crippen LogP contribution in [0.5, 0.6) is 5.75 Å². The van der Waals surface area contributed by atoms with Crippen LogP contribution in [0, 0.1) is 13.8 Å². The molecule has 0 spiro atoms. The van der Waals surface area contributed by atoms with E-state index in [-0.39, 0.29) is 12.5 Å². The highest BCUT2D eigenvalue weighted by Gasteiger charge is 2.11. The van der Waals surface area contributed by atoms with E-state index in [1.807, 2.05) is 18.2 Å². The van der Waals surface area contributed by atoms with Crippen molar-refractivity contribution < 1.29 is 14.3 Å². The molecular formula is C24H31N3O3. The Hall–Kier alpha value is -2.86. The molecule has 0 bridgehead atoms. The number of hydrogen-bond donors (Lipinski definition) is 1. The van der Waals surface area contributed by atoms with Crippen molar-refractivity contribution in [1.82, 2.24) is 14.9 Å². The van der Waals surface area contributed by atoms with Gasteiger partial charge in [-0.15, -0.1) is 0 Å². The number of fused-ring (bicyclic) bond motifs is 1. The molecule has 1 amide bonds. The zero-order chi connectivity index (χ0) is 21.3. The van der Waals surface area contributed by atoms with Crippen LogP contribution in [0.3, 0.4) is 0 Å². The number of methoxy groups -OCH3 is 1. The molecule has 30 heavy (non-hydrogen) atoms. The summed E-state index contributed by atoms with van der Waals surface area (Å²) in [5.74, 6) is 1.88. The van der Waals surface area contributed by atoms with Crippen LogP contribution in [-0.2, 0) is 22.5 Å². The number of carbonyl (C=O) groups excluding carboxylic acids is 1. The highest BCUT2D eigenvalue weighted by molar-refractivity contribution is 5.77. The normalized spacial score (nSPS) is 11.0. The van der Waals surface area contributed by atoms with Gasteiger partial charge in [0.2, 0.25) is 5.91 Å². The number of hydrogen-bond acceptors (Lipinski definition) is 4. The highest BCUT2D eigenvalue weighted by Crippen LogP contribution is 2.23. The van der Waals surface area contributed by atoms with Crippen LogP contribution in [0.4, 0.5) is 0 Å². The predicted molar refractivity (Wildman–Crippen MR) is 119 cm³/mol. The summed E-state index contributed by atoms with van der Waals surface area (Å²) < 4.78 is 13.2. The molecule has 0 unspecified atom stereocenters. The molecule has 0 saturated heterocycles. The first-order chi connectivity index (χ1) is 14.6. The van der Waals surface area contributed by atoms with E-state index in [4.69, 9.17) is 14.5 Å². The Balaban J connectivity index is 1.57. The minimum absolute atomic E-state index is 0.0801. The zero-order valence-electron chi connectivity index (χ0n) is 18.1. The summed E-state index contributed by atoms with van der Waals surface area (Å²) in [6.45, 7) is 6.35. The van der Waals surface area contributed by atoms with Crippen molar-refractivity contribution in [3.8, 4) is 5.75 Å². The predicted octanol–water partition coefficient (Wildman–Crippen LogP) is 3.82. The fraction of sp³-hybridized carbons (Fsp3) is 0.417. The van der Waals surface area contributed by atoms with Crippen LogP contribution in [0.1, 0.15) is 29.8 Å². The molecule has 1 aromatic heterocycles. The van der Waals surface area contributed by atoms with E-state index in [1.165, 1.54) is 18.2 Å².